The van der Waals surface area contributed by atoms with Crippen LogP contribution in [-0.4, -0.2) is 54.3 Å². The van der Waals surface area contributed by atoms with Crippen LogP contribution in [0.2, 0.25) is 0 Å². The van der Waals surface area contributed by atoms with Crippen LogP contribution in [-0.2, 0) is 16.1 Å². The molecule has 0 aliphatic carbocycles. The van der Waals surface area contributed by atoms with Crippen LogP contribution in [0.5, 0.6) is 0 Å². The Balaban J connectivity index is 1.68. The van der Waals surface area contributed by atoms with Crippen molar-refractivity contribution in [2.45, 2.75) is 6.54 Å². The van der Waals surface area contributed by atoms with Crippen molar-refractivity contribution in [1.29, 1.82) is 0 Å². The lowest BCUT2D eigenvalue weighted by molar-refractivity contribution is -0.128. The molecule has 0 unspecified atom stereocenters. The fraction of sp³-hybridized carbons (Fsp3) is 0.429. The summed E-state index contributed by atoms with van der Waals surface area (Å²) in [7, 11) is 0. The first kappa shape index (κ1) is 14.7. The van der Waals surface area contributed by atoms with E-state index in [-0.39, 0.29) is 11.8 Å². The first-order valence-electron chi connectivity index (χ1n) is 6.62. The van der Waals surface area contributed by atoms with Gasteiger partial charge in [0.05, 0.1) is 13.1 Å². The first-order valence-corrected chi connectivity index (χ1v) is 7.50. The van der Waals surface area contributed by atoms with Crippen LogP contribution < -0.4 is 5.32 Å². The Hall–Kier alpha value is -1.66. The van der Waals surface area contributed by atoms with Crippen molar-refractivity contribution in [1.82, 2.24) is 15.1 Å². The molecule has 1 fully saturated rings. The molecule has 108 valence electrons. The summed E-state index contributed by atoms with van der Waals surface area (Å²) in [5.41, 5.74) is 0. The maximum atomic E-state index is 11.8. The molecule has 2 rings (SSSR count). The van der Waals surface area contributed by atoms with E-state index in [4.69, 9.17) is 0 Å². The van der Waals surface area contributed by atoms with Gasteiger partial charge in [0.1, 0.15) is 0 Å². The molecule has 0 aromatic carbocycles. The van der Waals surface area contributed by atoms with E-state index in [1.54, 1.807) is 16.2 Å². The quantitative estimate of drug-likeness (QED) is 0.813. The van der Waals surface area contributed by atoms with Crippen LogP contribution in [0.25, 0.3) is 0 Å². The van der Waals surface area contributed by atoms with Gasteiger partial charge in [0.15, 0.2) is 0 Å². The van der Waals surface area contributed by atoms with Gasteiger partial charge in [-0.3, -0.25) is 14.5 Å². The summed E-state index contributed by atoms with van der Waals surface area (Å²) in [5.74, 6) is -0.00584. The molecule has 0 spiro atoms. The maximum absolute atomic E-state index is 11.8. The van der Waals surface area contributed by atoms with E-state index in [0.29, 0.717) is 26.2 Å². The molecule has 6 heteroatoms. The van der Waals surface area contributed by atoms with Gasteiger partial charge in [-0.05, 0) is 17.5 Å². The number of piperazine rings is 1. The van der Waals surface area contributed by atoms with E-state index in [9.17, 15) is 9.59 Å². The fourth-order valence-corrected chi connectivity index (χ4v) is 2.76. The average molecular weight is 293 g/mol. The molecule has 1 aliphatic rings. The second kappa shape index (κ2) is 7.21. The molecule has 1 saturated heterocycles. The minimum Gasteiger partial charge on any atom is -0.350 e. The molecule has 1 N–H and O–H groups in total. The highest BCUT2D eigenvalue weighted by molar-refractivity contribution is 7.09. The van der Waals surface area contributed by atoms with E-state index < -0.39 is 0 Å². The molecule has 1 aromatic rings. The molecule has 0 bridgehead atoms. The summed E-state index contributed by atoms with van der Waals surface area (Å²) >= 11 is 1.64. The highest BCUT2D eigenvalue weighted by Gasteiger charge is 2.20. The molecule has 2 heterocycles. The van der Waals surface area contributed by atoms with Crippen molar-refractivity contribution in [2.24, 2.45) is 0 Å². The van der Waals surface area contributed by atoms with Crippen molar-refractivity contribution < 1.29 is 9.59 Å². The summed E-state index contributed by atoms with van der Waals surface area (Å²) in [4.78, 5) is 28.2. The SMILES string of the molecule is C=CC(=O)N1CCN(CC(=O)NCc2cccs2)CC1. The van der Waals surface area contributed by atoms with Gasteiger partial charge >= 0.3 is 0 Å². The minimum absolute atomic E-state index is 0.0295. The van der Waals surface area contributed by atoms with Crippen molar-refractivity contribution in [2.75, 3.05) is 32.7 Å². The summed E-state index contributed by atoms with van der Waals surface area (Å²) in [6.45, 7) is 7.23. The summed E-state index contributed by atoms with van der Waals surface area (Å²) in [6, 6.07) is 3.98. The lowest BCUT2D eigenvalue weighted by Crippen LogP contribution is -2.50. The van der Waals surface area contributed by atoms with Crippen molar-refractivity contribution >= 4 is 23.2 Å². The molecular formula is C14H19N3O2S. The fourth-order valence-electron chi connectivity index (χ4n) is 2.11. The van der Waals surface area contributed by atoms with Gasteiger partial charge in [0.25, 0.3) is 0 Å². The average Bonchev–Trinajstić information content (AvgIpc) is 2.98. The topological polar surface area (TPSA) is 52.7 Å². The smallest absolute Gasteiger partial charge is 0.246 e. The Kier molecular flexibility index (Phi) is 5.31. The van der Waals surface area contributed by atoms with Crippen molar-refractivity contribution in [3.8, 4) is 0 Å². The Morgan fingerprint density at radius 2 is 2.10 bits per heavy atom. The van der Waals surface area contributed by atoms with E-state index >= 15 is 0 Å². The number of hydrogen-bond donors (Lipinski definition) is 1. The normalized spacial score (nSPS) is 15.9. The highest BCUT2D eigenvalue weighted by Crippen LogP contribution is 2.07. The molecule has 2 amide bonds. The third-order valence-electron chi connectivity index (χ3n) is 3.27. The van der Waals surface area contributed by atoms with E-state index in [1.165, 1.54) is 6.08 Å². The molecule has 5 nitrogen and oxygen atoms in total. The van der Waals surface area contributed by atoms with Crippen LogP contribution in [0.1, 0.15) is 4.88 Å². The van der Waals surface area contributed by atoms with Gasteiger partial charge in [0.2, 0.25) is 11.8 Å². The zero-order chi connectivity index (χ0) is 14.4. The number of carbonyl (C=O) groups is 2. The van der Waals surface area contributed by atoms with Crippen LogP contribution >= 0.6 is 11.3 Å². The Morgan fingerprint density at radius 3 is 2.70 bits per heavy atom. The Bertz CT molecular complexity index is 465. The summed E-state index contributed by atoms with van der Waals surface area (Å²) < 4.78 is 0. The van der Waals surface area contributed by atoms with Crippen molar-refractivity contribution in [3.63, 3.8) is 0 Å². The minimum atomic E-state index is -0.0354. The van der Waals surface area contributed by atoms with Gasteiger partial charge in [-0.2, -0.15) is 0 Å². The van der Waals surface area contributed by atoms with Crippen LogP contribution in [0.4, 0.5) is 0 Å². The monoisotopic (exact) mass is 293 g/mol. The Labute approximate surface area is 122 Å². The zero-order valence-electron chi connectivity index (χ0n) is 11.4. The number of hydrogen-bond acceptors (Lipinski definition) is 4. The summed E-state index contributed by atoms with van der Waals surface area (Å²) in [6.07, 6.45) is 1.34. The highest BCUT2D eigenvalue weighted by atomic mass is 32.1. The molecular weight excluding hydrogens is 274 g/mol. The number of nitrogens with one attached hydrogen (secondary N) is 1. The maximum Gasteiger partial charge on any atom is 0.246 e. The predicted octanol–water partition coefficient (Wildman–Crippen LogP) is 0.695. The predicted molar refractivity (Wildman–Crippen MR) is 79.4 cm³/mol. The molecule has 0 saturated carbocycles. The van der Waals surface area contributed by atoms with Crippen LogP contribution in [0.15, 0.2) is 30.2 Å². The van der Waals surface area contributed by atoms with Gasteiger partial charge < -0.3 is 10.2 Å². The number of rotatable bonds is 5. The molecule has 20 heavy (non-hydrogen) atoms. The van der Waals surface area contributed by atoms with E-state index in [2.05, 4.69) is 16.8 Å². The lowest BCUT2D eigenvalue weighted by Gasteiger charge is -2.33. The van der Waals surface area contributed by atoms with Crippen molar-refractivity contribution in [3.05, 3.63) is 35.0 Å². The standard InChI is InChI=1S/C14H19N3O2S/c1-2-14(19)17-7-5-16(6-8-17)11-13(18)15-10-12-4-3-9-20-12/h2-4,9H,1,5-8,10-11H2,(H,15,18). The van der Waals surface area contributed by atoms with Gasteiger partial charge in [-0.25, -0.2) is 0 Å². The second-order valence-corrected chi connectivity index (χ2v) is 5.69. The third-order valence-corrected chi connectivity index (χ3v) is 4.14. The molecule has 0 radical (unpaired) electrons. The van der Waals surface area contributed by atoms with Crippen LogP contribution in [0, 0.1) is 0 Å². The zero-order valence-corrected chi connectivity index (χ0v) is 12.2. The largest absolute Gasteiger partial charge is 0.350 e. The lowest BCUT2D eigenvalue weighted by atomic mass is 10.3. The van der Waals surface area contributed by atoms with Gasteiger partial charge in [-0.15, -0.1) is 11.3 Å². The third kappa shape index (κ3) is 4.18. The molecule has 1 aromatic heterocycles. The Morgan fingerprint density at radius 1 is 1.35 bits per heavy atom. The number of nitrogens with zero attached hydrogens (tertiary/aromatic N) is 2. The summed E-state index contributed by atoms with van der Waals surface area (Å²) in [5, 5.41) is 4.91. The van der Waals surface area contributed by atoms with Gasteiger partial charge in [0, 0.05) is 31.1 Å². The van der Waals surface area contributed by atoms with Crippen LogP contribution in [0.3, 0.4) is 0 Å². The molecule has 0 atom stereocenters. The number of carbonyl (C=O) groups excluding carboxylic acids is 2. The first-order chi connectivity index (χ1) is 9.69. The van der Waals surface area contributed by atoms with E-state index in [0.717, 1.165) is 18.0 Å². The number of thiophene rings is 1. The van der Waals surface area contributed by atoms with Gasteiger partial charge in [-0.1, -0.05) is 12.6 Å². The second-order valence-electron chi connectivity index (χ2n) is 4.66. The van der Waals surface area contributed by atoms with E-state index in [1.807, 2.05) is 17.5 Å². The molecule has 1 aliphatic heterocycles. The number of amides is 2.